The Kier molecular flexibility index (Phi) is 10.1. The Morgan fingerprint density at radius 2 is 1.59 bits per heavy atom. The third kappa shape index (κ3) is 6.39. The van der Waals surface area contributed by atoms with E-state index in [2.05, 4.69) is 10.3 Å². The van der Waals surface area contributed by atoms with E-state index >= 15 is 0 Å². The summed E-state index contributed by atoms with van der Waals surface area (Å²) in [6.45, 7) is 9.96. The monoisotopic (exact) mass is 301 g/mol. The minimum absolute atomic E-state index is 0.211. The summed E-state index contributed by atoms with van der Waals surface area (Å²) >= 11 is 0. The van der Waals surface area contributed by atoms with Gasteiger partial charge in [-0.15, -0.1) is 0 Å². The Morgan fingerprint density at radius 1 is 1.00 bits per heavy atom. The van der Waals surface area contributed by atoms with Crippen LogP contribution in [0.2, 0.25) is 0 Å². The Balaban J connectivity index is 0.00000102. The lowest BCUT2D eigenvalue weighted by Crippen LogP contribution is -2.31. The van der Waals surface area contributed by atoms with Crippen molar-refractivity contribution in [3.05, 3.63) is 54.2 Å². The van der Waals surface area contributed by atoms with Gasteiger partial charge in [0.05, 0.1) is 0 Å². The second-order valence-corrected chi connectivity index (χ2v) is 4.05. The Hall–Kier alpha value is -2.36. The maximum Gasteiger partial charge on any atom is 0.327 e. The van der Waals surface area contributed by atoms with Gasteiger partial charge in [-0.2, -0.15) is 0 Å². The maximum absolute atomic E-state index is 12.0. The van der Waals surface area contributed by atoms with Crippen molar-refractivity contribution in [2.45, 2.75) is 34.6 Å². The van der Waals surface area contributed by atoms with E-state index in [9.17, 15) is 4.79 Å². The van der Waals surface area contributed by atoms with Crippen LogP contribution < -0.4 is 10.2 Å². The SMILES string of the molecule is CC.CC.Cc1ccc(N(C)C(=O)Nc2ccccc2)nc1. The average molecular weight is 301 g/mol. The van der Waals surface area contributed by atoms with Gasteiger partial charge < -0.3 is 5.32 Å². The number of urea groups is 1. The highest BCUT2D eigenvalue weighted by Crippen LogP contribution is 2.12. The van der Waals surface area contributed by atoms with Crippen LogP contribution >= 0.6 is 0 Å². The van der Waals surface area contributed by atoms with Gasteiger partial charge in [-0.05, 0) is 30.7 Å². The van der Waals surface area contributed by atoms with Crippen LogP contribution in [0.15, 0.2) is 48.7 Å². The van der Waals surface area contributed by atoms with E-state index in [-0.39, 0.29) is 6.03 Å². The normalized spacial score (nSPS) is 8.64. The number of para-hydroxylation sites is 1. The number of carbonyl (C=O) groups excluding carboxylic acids is 1. The second kappa shape index (κ2) is 11.3. The molecular formula is C18H27N3O. The van der Waals surface area contributed by atoms with Gasteiger partial charge in [0.25, 0.3) is 0 Å². The van der Waals surface area contributed by atoms with Gasteiger partial charge in [-0.3, -0.25) is 4.90 Å². The molecular weight excluding hydrogens is 274 g/mol. The summed E-state index contributed by atoms with van der Waals surface area (Å²) in [7, 11) is 1.69. The Labute approximate surface area is 134 Å². The van der Waals surface area contributed by atoms with Gasteiger partial charge >= 0.3 is 6.03 Å². The molecule has 22 heavy (non-hydrogen) atoms. The van der Waals surface area contributed by atoms with E-state index in [1.165, 1.54) is 4.90 Å². The number of hydrogen-bond acceptors (Lipinski definition) is 2. The molecule has 4 nitrogen and oxygen atoms in total. The number of anilines is 2. The summed E-state index contributed by atoms with van der Waals surface area (Å²) in [5, 5.41) is 2.80. The number of rotatable bonds is 2. The van der Waals surface area contributed by atoms with E-state index in [1.54, 1.807) is 13.2 Å². The average Bonchev–Trinajstić information content (AvgIpc) is 2.59. The second-order valence-electron chi connectivity index (χ2n) is 4.05. The summed E-state index contributed by atoms with van der Waals surface area (Å²) in [6, 6.07) is 12.9. The van der Waals surface area contributed by atoms with Crippen LogP contribution in [0.4, 0.5) is 16.3 Å². The smallest absolute Gasteiger partial charge is 0.308 e. The Morgan fingerprint density at radius 3 is 2.09 bits per heavy atom. The minimum Gasteiger partial charge on any atom is -0.308 e. The molecule has 0 spiro atoms. The quantitative estimate of drug-likeness (QED) is 0.837. The third-order valence-electron chi connectivity index (χ3n) is 2.57. The van der Waals surface area contributed by atoms with Gasteiger partial charge in [0, 0.05) is 18.9 Å². The number of benzene rings is 1. The summed E-state index contributed by atoms with van der Waals surface area (Å²) < 4.78 is 0. The first kappa shape index (κ1) is 19.6. The molecule has 2 amide bonds. The van der Waals surface area contributed by atoms with Crippen LogP contribution in [-0.4, -0.2) is 18.1 Å². The highest BCUT2D eigenvalue weighted by molar-refractivity contribution is 6.00. The zero-order valence-corrected chi connectivity index (χ0v) is 14.4. The molecule has 0 aliphatic heterocycles. The molecule has 0 saturated carbocycles. The predicted octanol–water partition coefficient (Wildman–Crippen LogP) is 5.11. The molecule has 1 aromatic heterocycles. The van der Waals surface area contributed by atoms with Gasteiger partial charge in [0.1, 0.15) is 5.82 Å². The van der Waals surface area contributed by atoms with Gasteiger partial charge in [-0.1, -0.05) is 52.0 Å². The molecule has 1 heterocycles. The van der Waals surface area contributed by atoms with Gasteiger partial charge in [-0.25, -0.2) is 9.78 Å². The molecule has 0 aliphatic carbocycles. The topological polar surface area (TPSA) is 45.2 Å². The molecule has 0 saturated heterocycles. The standard InChI is InChI=1S/C14H15N3O.2C2H6/c1-11-8-9-13(15-10-11)17(2)14(18)16-12-6-4-3-5-7-12;2*1-2/h3-10H,1-2H3,(H,16,18);2*1-2H3. The fraction of sp³-hybridized carbons (Fsp3) is 0.333. The van der Waals surface area contributed by atoms with Crippen molar-refractivity contribution in [2.24, 2.45) is 0 Å². The van der Waals surface area contributed by atoms with E-state index in [1.807, 2.05) is 77.1 Å². The van der Waals surface area contributed by atoms with Crippen LogP contribution in [0.3, 0.4) is 0 Å². The van der Waals surface area contributed by atoms with Crippen molar-refractivity contribution in [3.63, 3.8) is 0 Å². The van der Waals surface area contributed by atoms with Crippen molar-refractivity contribution < 1.29 is 4.79 Å². The lowest BCUT2D eigenvalue weighted by atomic mass is 10.3. The molecule has 1 aromatic carbocycles. The molecule has 4 heteroatoms. The van der Waals surface area contributed by atoms with Crippen LogP contribution in [0.1, 0.15) is 33.3 Å². The summed E-state index contributed by atoms with van der Waals surface area (Å²) in [4.78, 5) is 17.7. The lowest BCUT2D eigenvalue weighted by molar-refractivity contribution is 0.258. The predicted molar refractivity (Wildman–Crippen MR) is 95.5 cm³/mol. The number of nitrogens with one attached hydrogen (secondary N) is 1. The van der Waals surface area contributed by atoms with E-state index < -0.39 is 0 Å². The minimum atomic E-state index is -0.211. The number of carbonyl (C=O) groups is 1. The molecule has 1 N–H and O–H groups in total. The van der Waals surface area contributed by atoms with Crippen molar-refractivity contribution in [2.75, 3.05) is 17.3 Å². The first-order chi connectivity index (χ1) is 10.7. The van der Waals surface area contributed by atoms with Crippen LogP contribution in [0, 0.1) is 6.92 Å². The summed E-state index contributed by atoms with van der Waals surface area (Å²) in [5.74, 6) is 0.619. The molecule has 0 atom stereocenters. The van der Waals surface area contributed by atoms with Crippen LogP contribution in [0.25, 0.3) is 0 Å². The summed E-state index contributed by atoms with van der Waals surface area (Å²) in [5.41, 5.74) is 1.83. The molecule has 0 radical (unpaired) electrons. The zero-order chi connectivity index (χ0) is 17.0. The molecule has 2 rings (SSSR count). The number of aromatic nitrogens is 1. The molecule has 0 aliphatic rings. The van der Waals surface area contributed by atoms with Crippen molar-refractivity contribution in [3.8, 4) is 0 Å². The largest absolute Gasteiger partial charge is 0.327 e. The lowest BCUT2D eigenvalue weighted by Gasteiger charge is -2.17. The molecule has 120 valence electrons. The highest BCUT2D eigenvalue weighted by atomic mass is 16.2. The number of hydrogen-bond donors (Lipinski definition) is 1. The molecule has 0 unspecified atom stereocenters. The van der Waals surface area contributed by atoms with Gasteiger partial charge in [0.15, 0.2) is 0 Å². The fourth-order valence-corrected chi connectivity index (χ4v) is 1.49. The number of amides is 2. The van der Waals surface area contributed by atoms with Crippen molar-refractivity contribution in [1.82, 2.24) is 4.98 Å². The first-order valence-corrected chi connectivity index (χ1v) is 7.69. The van der Waals surface area contributed by atoms with Gasteiger partial charge in [0.2, 0.25) is 0 Å². The molecule has 2 aromatic rings. The Bertz CT molecular complexity index is 524. The first-order valence-electron chi connectivity index (χ1n) is 7.69. The van der Waals surface area contributed by atoms with E-state index in [0.29, 0.717) is 5.82 Å². The molecule has 0 bridgehead atoms. The van der Waals surface area contributed by atoms with Crippen LogP contribution in [0.5, 0.6) is 0 Å². The molecule has 0 fully saturated rings. The van der Waals surface area contributed by atoms with E-state index in [4.69, 9.17) is 0 Å². The highest BCUT2D eigenvalue weighted by Gasteiger charge is 2.11. The van der Waals surface area contributed by atoms with Crippen molar-refractivity contribution >= 4 is 17.5 Å². The van der Waals surface area contributed by atoms with Crippen molar-refractivity contribution in [1.29, 1.82) is 0 Å². The van der Waals surface area contributed by atoms with Crippen LogP contribution in [-0.2, 0) is 0 Å². The number of aryl methyl sites for hydroxylation is 1. The third-order valence-corrected chi connectivity index (χ3v) is 2.57. The summed E-state index contributed by atoms with van der Waals surface area (Å²) in [6.07, 6.45) is 1.74. The number of pyridine rings is 1. The maximum atomic E-state index is 12.0. The zero-order valence-electron chi connectivity index (χ0n) is 14.4. The number of nitrogens with zero attached hydrogens (tertiary/aromatic N) is 2. The van der Waals surface area contributed by atoms with E-state index in [0.717, 1.165) is 11.3 Å². The fourth-order valence-electron chi connectivity index (χ4n) is 1.49.